The fourth-order valence-electron chi connectivity index (χ4n) is 3.92. The Hall–Kier alpha value is -2.92. The fraction of sp³-hybridized carbons (Fsp3) is 0.217. The van der Waals surface area contributed by atoms with Gasteiger partial charge in [0.2, 0.25) is 0 Å². The Kier molecular flexibility index (Phi) is 4.42. The zero-order valence-corrected chi connectivity index (χ0v) is 14.3. The number of allylic oxidation sites excluding steroid dienone is 1. The molecule has 0 heterocycles. The van der Waals surface area contributed by atoms with Gasteiger partial charge in [0, 0.05) is 23.5 Å². The molecule has 1 atom stereocenters. The summed E-state index contributed by atoms with van der Waals surface area (Å²) in [6.45, 7) is 5.83. The summed E-state index contributed by atoms with van der Waals surface area (Å²) in [5.41, 5.74) is 1.49. The number of carbonyl (C=O) groups is 2. The van der Waals surface area contributed by atoms with Gasteiger partial charge in [0.1, 0.15) is 5.41 Å². The number of rotatable bonds is 5. The topological polar surface area (TPSA) is 34.1 Å². The van der Waals surface area contributed by atoms with Crippen LogP contribution in [-0.2, 0) is 0 Å². The molecule has 0 fully saturated rings. The van der Waals surface area contributed by atoms with Gasteiger partial charge in [-0.3, -0.25) is 9.59 Å². The minimum atomic E-state index is -1.21. The van der Waals surface area contributed by atoms with Crippen LogP contribution in [0.3, 0.4) is 0 Å². The maximum atomic E-state index is 13.4. The van der Waals surface area contributed by atoms with Crippen LogP contribution in [0.5, 0.6) is 0 Å². The second-order valence-electron chi connectivity index (χ2n) is 6.68. The van der Waals surface area contributed by atoms with Crippen LogP contribution in [0.15, 0.2) is 66.7 Å². The van der Waals surface area contributed by atoms with Crippen LogP contribution in [0.1, 0.15) is 52.0 Å². The van der Waals surface area contributed by atoms with Crippen LogP contribution in [0, 0.1) is 17.8 Å². The highest BCUT2D eigenvalue weighted by molar-refractivity contribution is 6.30. The number of hydrogen-bond acceptors (Lipinski definition) is 2. The lowest BCUT2D eigenvalue weighted by Gasteiger charge is -2.34. The molecule has 1 aliphatic carbocycles. The van der Waals surface area contributed by atoms with Gasteiger partial charge in [-0.25, -0.2) is 0 Å². The molecule has 0 amide bonds. The minimum absolute atomic E-state index is 0.139. The molecule has 0 aliphatic heterocycles. The standard InChI is InChI=1S/C23H20O2/c1-4-10-20(17-11-6-5-7-12-17)23(15-16(2)3)21(24)18-13-8-9-14-19(18)22(23)25/h1,5-9,11-14,20H,2,10,15H2,3H3. The number of Topliss-reactive ketones (excluding diaryl/α,β-unsaturated/α-hetero) is 2. The van der Waals surface area contributed by atoms with E-state index in [9.17, 15) is 9.59 Å². The van der Waals surface area contributed by atoms with Gasteiger partial charge < -0.3 is 0 Å². The first-order valence-electron chi connectivity index (χ1n) is 8.33. The van der Waals surface area contributed by atoms with E-state index in [-0.39, 0.29) is 17.5 Å². The van der Waals surface area contributed by atoms with E-state index < -0.39 is 5.41 Å². The lowest BCUT2D eigenvalue weighted by atomic mass is 9.64. The maximum absolute atomic E-state index is 13.4. The average Bonchev–Trinajstić information content (AvgIpc) is 2.83. The van der Waals surface area contributed by atoms with Crippen molar-refractivity contribution < 1.29 is 9.59 Å². The molecular formula is C23H20O2. The minimum Gasteiger partial charge on any atom is -0.293 e. The van der Waals surface area contributed by atoms with Gasteiger partial charge >= 0.3 is 0 Å². The molecule has 0 aromatic heterocycles. The zero-order valence-electron chi connectivity index (χ0n) is 14.3. The van der Waals surface area contributed by atoms with Crippen molar-refractivity contribution in [2.45, 2.75) is 25.7 Å². The zero-order chi connectivity index (χ0) is 18.0. The summed E-state index contributed by atoms with van der Waals surface area (Å²) in [6.07, 6.45) is 6.25. The van der Waals surface area contributed by atoms with Crippen LogP contribution in [0.2, 0.25) is 0 Å². The van der Waals surface area contributed by atoms with E-state index in [1.165, 1.54) is 0 Å². The van der Waals surface area contributed by atoms with E-state index in [0.717, 1.165) is 11.1 Å². The van der Waals surface area contributed by atoms with E-state index in [0.29, 0.717) is 24.0 Å². The predicted octanol–water partition coefficient (Wildman–Crippen LogP) is 4.83. The van der Waals surface area contributed by atoms with Gasteiger partial charge in [0.05, 0.1) is 0 Å². The first-order chi connectivity index (χ1) is 12.0. The fourth-order valence-corrected chi connectivity index (χ4v) is 3.92. The molecule has 0 bridgehead atoms. The Bertz CT molecular complexity index is 849. The molecule has 1 aliphatic rings. The molecule has 0 N–H and O–H groups in total. The van der Waals surface area contributed by atoms with Crippen LogP contribution >= 0.6 is 0 Å². The van der Waals surface area contributed by atoms with Gasteiger partial charge in [0.25, 0.3) is 0 Å². The van der Waals surface area contributed by atoms with Crippen LogP contribution in [-0.4, -0.2) is 11.6 Å². The molecule has 3 rings (SSSR count). The van der Waals surface area contributed by atoms with Gasteiger partial charge in [-0.05, 0) is 18.9 Å². The highest BCUT2D eigenvalue weighted by Gasteiger charge is 2.57. The van der Waals surface area contributed by atoms with Crippen molar-refractivity contribution in [3.8, 4) is 12.3 Å². The smallest absolute Gasteiger partial charge is 0.178 e. The van der Waals surface area contributed by atoms with Crippen molar-refractivity contribution in [3.63, 3.8) is 0 Å². The third-order valence-corrected chi connectivity index (χ3v) is 4.93. The van der Waals surface area contributed by atoms with Crippen LogP contribution in [0.4, 0.5) is 0 Å². The lowest BCUT2D eigenvalue weighted by Crippen LogP contribution is -2.40. The first kappa shape index (κ1) is 16.9. The summed E-state index contributed by atoms with van der Waals surface area (Å²) in [7, 11) is 0. The van der Waals surface area contributed by atoms with Crippen molar-refractivity contribution in [3.05, 3.63) is 83.4 Å². The van der Waals surface area contributed by atoms with E-state index in [2.05, 4.69) is 12.5 Å². The van der Waals surface area contributed by atoms with Crippen molar-refractivity contribution in [2.75, 3.05) is 0 Å². The van der Waals surface area contributed by atoms with Gasteiger partial charge in [-0.15, -0.1) is 18.9 Å². The molecular weight excluding hydrogens is 308 g/mol. The molecule has 2 aromatic carbocycles. The molecule has 124 valence electrons. The summed E-state index contributed by atoms with van der Waals surface area (Å²) in [4.78, 5) is 26.8. The van der Waals surface area contributed by atoms with E-state index >= 15 is 0 Å². The molecule has 0 saturated carbocycles. The molecule has 2 aromatic rings. The van der Waals surface area contributed by atoms with Gasteiger partial charge in [-0.2, -0.15) is 0 Å². The summed E-state index contributed by atoms with van der Waals surface area (Å²) >= 11 is 0. The number of ketones is 2. The average molecular weight is 328 g/mol. The van der Waals surface area contributed by atoms with Crippen molar-refractivity contribution in [1.82, 2.24) is 0 Å². The second-order valence-corrected chi connectivity index (χ2v) is 6.68. The van der Waals surface area contributed by atoms with E-state index in [1.54, 1.807) is 24.3 Å². The molecule has 2 nitrogen and oxygen atoms in total. The summed E-state index contributed by atoms with van der Waals surface area (Å²) < 4.78 is 0. The van der Waals surface area contributed by atoms with Gasteiger partial charge in [0.15, 0.2) is 11.6 Å². The van der Waals surface area contributed by atoms with Crippen LogP contribution < -0.4 is 0 Å². The molecule has 0 spiro atoms. The van der Waals surface area contributed by atoms with Gasteiger partial charge in [-0.1, -0.05) is 60.2 Å². The van der Waals surface area contributed by atoms with E-state index in [1.807, 2.05) is 37.3 Å². The Labute approximate surface area is 148 Å². The molecule has 0 saturated heterocycles. The lowest BCUT2D eigenvalue weighted by molar-refractivity contribution is 0.0649. The first-order valence-corrected chi connectivity index (χ1v) is 8.33. The number of benzene rings is 2. The normalized spacial score (nSPS) is 16.2. The Morgan fingerprint density at radius 1 is 1.04 bits per heavy atom. The number of terminal acetylenes is 1. The quantitative estimate of drug-likeness (QED) is 0.448. The third-order valence-electron chi connectivity index (χ3n) is 4.93. The summed E-state index contributed by atoms with van der Waals surface area (Å²) in [5.74, 6) is 2.03. The van der Waals surface area contributed by atoms with E-state index in [4.69, 9.17) is 6.42 Å². The van der Waals surface area contributed by atoms with Crippen LogP contribution in [0.25, 0.3) is 0 Å². The van der Waals surface area contributed by atoms with Crippen molar-refractivity contribution >= 4 is 11.6 Å². The predicted molar refractivity (Wildman–Crippen MR) is 99.6 cm³/mol. The Morgan fingerprint density at radius 2 is 1.56 bits per heavy atom. The summed E-state index contributed by atoms with van der Waals surface area (Å²) in [5, 5.41) is 0. The number of fused-ring (bicyclic) bond motifs is 1. The Balaban J connectivity index is 2.24. The highest BCUT2D eigenvalue weighted by Crippen LogP contribution is 2.51. The van der Waals surface area contributed by atoms with Crippen molar-refractivity contribution in [2.24, 2.45) is 5.41 Å². The number of hydrogen-bond donors (Lipinski definition) is 0. The SMILES string of the molecule is C#CCC(c1ccccc1)C1(CC(=C)C)C(=O)c2ccccc2C1=O. The third kappa shape index (κ3) is 2.62. The molecule has 2 heteroatoms. The highest BCUT2D eigenvalue weighted by atomic mass is 16.2. The largest absolute Gasteiger partial charge is 0.293 e. The maximum Gasteiger partial charge on any atom is 0.178 e. The molecule has 25 heavy (non-hydrogen) atoms. The van der Waals surface area contributed by atoms with Crippen molar-refractivity contribution in [1.29, 1.82) is 0 Å². The summed E-state index contributed by atoms with van der Waals surface area (Å²) in [6, 6.07) is 16.6. The second kappa shape index (κ2) is 6.53. The monoisotopic (exact) mass is 328 g/mol. The molecule has 0 radical (unpaired) electrons. The molecule has 1 unspecified atom stereocenters. The Morgan fingerprint density at radius 3 is 2.04 bits per heavy atom. The number of carbonyl (C=O) groups excluding carboxylic acids is 2.